The van der Waals surface area contributed by atoms with Crippen LogP contribution in [0.1, 0.15) is 32.1 Å². The summed E-state index contributed by atoms with van der Waals surface area (Å²) in [6.45, 7) is 1.83. The lowest BCUT2D eigenvalue weighted by molar-refractivity contribution is -0.706. The zero-order valence-corrected chi connectivity index (χ0v) is 10.9. The highest BCUT2D eigenvalue weighted by atomic mass is 16.6. The average molecular weight is 267 g/mol. The van der Waals surface area contributed by atoms with Gasteiger partial charge in [0, 0.05) is 6.42 Å². The maximum atomic E-state index is 12.7. The van der Waals surface area contributed by atoms with Gasteiger partial charge in [-0.2, -0.15) is 0 Å². The fourth-order valence-electron chi connectivity index (χ4n) is 3.72. The van der Waals surface area contributed by atoms with Gasteiger partial charge in [-0.3, -0.25) is 4.79 Å². The van der Waals surface area contributed by atoms with E-state index < -0.39 is 5.41 Å². The van der Waals surface area contributed by atoms with E-state index in [1.807, 2.05) is 0 Å². The lowest BCUT2D eigenvalue weighted by Crippen LogP contribution is -2.37. The van der Waals surface area contributed by atoms with Gasteiger partial charge in [0.25, 0.3) is 11.9 Å². The SMILES string of the molecule is O=C1N(CC2CO2)[N+](=O)C(CC2CO2)C12CCCC2. The summed E-state index contributed by atoms with van der Waals surface area (Å²) in [6.07, 6.45) is 4.74. The van der Waals surface area contributed by atoms with Crippen molar-refractivity contribution in [2.75, 3.05) is 19.8 Å². The maximum Gasteiger partial charge on any atom is 0.295 e. The summed E-state index contributed by atoms with van der Waals surface area (Å²) in [5, 5.41) is 1.40. The molecule has 1 saturated carbocycles. The van der Waals surface area contributed by atoms with Gasteiger partial charge in [0.1, 0.15) is 22.9 Å². The molecule has 4 aliphatic rings. The van der Waals surface area contributed by atoms with Crippen molar-refractivity contribution in [1.29, 1.82) is 0 Å². The fraction of sp³-hybridized carbons (Fsp3) is 0.923. The average Bonchev–Trinajstić information content (AvgIpc) is 3.32. The molecule has 0 aromatic heterocycles. The Morgan fingerprint density at radius 1 is 1.21 bits per heavy atom. The van der Waals surface area contributed by atoms with E-state index in [0.717, 1.165) is 37.2 Å². The summed E-state index contributed by atoms with van der Waals surface area (Å²) in [5.74, 6) is 0.0288. The summed E-state index contributed by atoms with van der Waals surface area (Å²) in [7, 11) is 0. The van der Waals surface area contributed by atoms with Gasteiger partial charge < -0.3 is 9.47 Å². The Bertz CT molecular complexity index is 424. The second kappa shape index (κ2) is 3.99. The second-order valence-electron chi connectivity index (χ2n) is 6.22. The summed E-state index contributed by atoms with van der Waals surface area (Å²) in [4.78, 5) is 26.2. The molecule has 3 heterocycles. The minimum Gasteiger partial charge on any atom is -0.373 e. The molecule has 0 bridgehead atoms. The molecule has 1 spiro atoms. The first-order valence-corrected chi connectivity index (χ1v) is 7.22. The Morgan fingerprint density at radius 3 is 2.42 bits per heavy atom. The first kappa shape index (κ1) is 11.8. The van der Waals surface area contributed by atoms with E-state index in [-0.39, 0.29) is 24.2 Å². The van der Waals surface area contributed by atoms with Crippen molar-refractivity contribution in [2.45, 2.75) is 50.4 Å². The molecule has 3 atom stereocenters. The number of amides is 1. The molecule has 3 aliphatic heterocycles. The number of nitroso groups, excluding NO2 is 1. The van der Waals surface area contributed by atoms with Crippen LogP contribution >= 0.6 is 0 Å². The first-order chi connectivity index (χ1) is 9.21. The number of hydrogen-bond donors (Lipinski definition) is 0. The molecular formula is C13H19N2O4+. The predicted octanol–water partition coefficient (Wildman–Crippen LogP) is 0.639. The van der Waals surface area contributed by atoms with Gasteiger partial charge in [0.2, 0.25) is 0 Å². The molecule has 0 N–H and O–H groups in total. The lowest BCUT2D eigenvalue weighted by Gasteiger charge is -2.18. The number of hydrazine groups is 1. The standard InChI is InChI=1S/C13H19N2O4/c16-12-13(3-1-2-4-13)11(5-9-7-18-9)15(17)14(12)6-10-8-19-10/h9-11H,1-8H2/q+1. The Balaban J connectivity index is 1.61. The smallest absolute Gasteiger partial charge is 0.295 e. The quantitative estimate of drug-likeness (QED) is 0.554. The third kappa shape index (κ3) is 1.80. The zero-order chi connectivity index (χ0) is 13.0. The molecule has 1 amide bonds. The fourth-order valence-corrected chi connectivity index (χ4v) is 3.72. The number of hydrogen-bond acceptors (Lipinski definition) is 4. The van der Waals surface area contributed by atoms with Crippen molar-refractivity contribution in [3.05, 3.63) is 4.91 Å². The van der Waals surface area contributed by atoms with Crippen LogP contribution in [0.25, 0.3) is 0 Å². The van der Waals surface area contributed by atoms with Crippen LogP contribution in [0.5, 0.6) is 0 Å². The molecule has 1 aliphatic carbocycles. The summed E-state index contributed by atoms with van der Waals surface area (Å²) in [6, 6.07) is -0.228. The Kier molecular flexibility index (Phi) is 2.48. The van der Waals surface area contributed by atoms with E-state index >= 15 is 0 Å². The van der Waals surface area contributed by atoms with E-state index in [4.69, 9.17) is 9.47 Å². The van der Waals surface area contributed by atoms with Gasteiger partial charge in [-0.05, 0) is 12.8 Å². The molecule has 0 aromatic rings. The Labute approximate surface area is 111 Å². The molecule has 6 heteroatoms. The molecule has 4 rings (SSSR count). The first-order valence-electron chi connectivity index (χ1n) is 7.22. The Morgan fingerprint density at radius 2 is 1.84 bits per heavy atom. The van der Waals surface area contributed by atoms with E-state index in [2.05, 4.69) is 0 Å². The van der Waals surface area contributed by atoms with Crippen LogP contribution < -0.4 is 0 Å². The van der Waals surface area contributed by atoms with E-state index in [1.165, 1.54) is 5.01 Å². The molecule has 19 heavy (non-hydrogen) atoms. The van der Waals surface area contributed by atoms with Crippen molar-refractivity contribution >= 4 is 5.91 Å². The largest absolute Gasteiger partial charge is 0.373 e. The highest BCUT2D eigenvalue weighted by Crippen LogP contribution is 2.50. The summed E-state index contributed by atoms with van der Waals surface area (Å²) >= 11 is 0. The van der Waals surface area contributed by atoms with Crippen molar-refractivity contribution in [3.8, 4) is 0 Å². The van der Waals surface area contributed by atoms with Crippen molar-refractivity contribution in [3.63, 3.8) is 0 Å². The molecule has 6 nitrogen and oxygen atoms in total. The third-order valence-electron chi connectivity index (χ3n) is 4.97. The molecule has 104 valence electrons. The predicted molar refractivity (Wildman–Crippen MR) is 64.1 cm³/mol. The molecule has 3 saturated heterocycles. The Hall–Kier alpha value is -1.01. The normalized spacial score (nSPS) is 39.4. The number of ether oxygens (including phenoxy) is 2. The molecule has 0 aromatic carbocycles. The zero-order valence-electron chi connectivity index (χ0n) is 10.9. The lowest BCUT2D eigenvalue weighted by atomic mass is 9.77. The van der Waals surface area contributed by atoms with Crippen molar-refractivity contribution < 1.29 is 19.1 Å². The molecular weight excluding hydrogens is 248 g/mol. The van der Waals surface area contributed by atoms with Gasteiger partial charge in [0.15, 0.2) is 0 Å². The second-order valence-corrected chi connectivity index (χ2v) is 6.22. The number of nitrogens with zero attached hydrogens (tertiary/aromatic N) is 2. The molecule has 0 radical (unpaired) electrons. The van der Waals surface area contributed by atoms with Gasteiger partial charge in [-0.25, -0.2) is 0 Å². The van der Waals surface area contributed by atoms with Gasteiger partial charge in [0.05, 0.1) is 24.2 Å². The van der Waals surface area contributed by atoms with Crippen LogP contribution in [0.2, 0.25) is 0 Å². The third-order valence-corrected chi connectivity index (χ3v) is 4.97. The van der Waals surface area contributed by atoms with Gasteiger partial charge in [-0.1, -0.05) is 17.9 Å². The van der Waals surface area contributed by atoms with Crippen LogP contribution in [0.3, 0.4) is 0 Å². The van der Waals surface area contributed by atoms with Gasteiger partial charge in [-0.15, -0.1) is 0 Å². The van der Waals surface area contributed by atoms with Crippen LogP contribution in [-0.4, -0.2) is 53.8 Å². The number of rotatable bonds is 4. The van der Waals surface area contributed by atoms with Crippen molar-refractivity contribution in [1.82, 2.24) is 5.01 Å². The monoisotopic (exact) mass is 267 g/mol. The molecule has 4 fully saturated rings. The maximum absolute atomic E-state index is 12.7. The molecule has 3 unspecified atom stereocenters. The van der Waals surface area contributed by atoms with E-state index in [0.29, 0.717) is 19.6 Å². The van der Waals surface area contributed by atoms with Gasteiger partial charge >= 0.3 is 0 Å². The minimum atomic E-state index is -0.442. The summed E-state index contributed by atoms with van der Waals surface area (Å²) in [5.41, 5.74) is -0.442. The van der Waals surface area contributed by atoms with Crippen LogP contribution in [-0.2, 0) is 14.3 Å². The van der Waals surface area contributed by atoms with E-state index in [1.54, 1.807) is 0 Å². The number of epoxide rings is 2. The van der Waals surface area contributed by atoms with E-state index in [9.17, 15) is 9.70 Å². The van der Waals surface area contributed by atoms with Crippen molar-refractivity contribution in [2.24, 2.45) is 5.41 Å². The number of carbonyl (C=O) groups excluding carboxylic acids is 1. The minimum absolute atomic E-state index is 0.0288. The van der Waals surface area contributed by atoms with Crippen LogP contribution in [0.15, 0.2) is 0 Å². The highest BCUT2D eigenvalue weighted by Gasteiger charge is 2.68. The number of carbonyl (C=O) groups is 1. The topological polar surface area (TPSA) is 65.5 Å². The highest BCUT2D eigenvalue weighted by molar-refractivity contribution is 5.84. The van der Waals surface area contributed by atoms with Crippen LogP contribution in [0, 0.1) is 10.3 Å². The summed E-state index contributed by atoms with van der Waals surface area (Å²) < 4.78 is 10.4. The van der Waals surface area contributed by atoms with Crippen LogP contribution in [0.4, 0.5) is 0 Å².